The molecule has 0 saturated carbocycles. The summed E-state index contributed by atoms with van der Waals surface area (Å²) in [5.74, 6) is 0. The zero-order valence-electron chi connectivity index (χ0n) is 5.02. The third-order valence-corrected chi connectivity index (χ3v) is 1.05. The van der Waals surface area contributed by atoms with Crippen LogP contribution in [0, 0.1) is 0 Å². The van der Waals surface area contributed by atoms with E-state index in [1.165, 1.54) is 0 Å². The summed E-state index contributed by atoms with van der Waals surface area (Å²) in [4.78, 5) is 3.51. The van der Waals surface area contributed by atoms with Crippen LogP contribution in [-0.4, -0.2) is 24.5 Å². The molecule has 6 heteroatoms. The second-order valence-corrected chi connectivity index (χ2v) is 1.82. The first kappa shape index (κ1) is 10.0. The predicted molar refractivity (Wildman–Crippen MR) is 30.6 cm³/mol. The Hall–Kier alpha value is -0.0000000000000000416. The summed E-state index contributed by atoms with van der Waals surface area (Å²) < 4.78 is 33.8. The first-order valence-electron chi connectivity index (χ1n) is 2.59. The second-order valence-electron chi connectivity index (χ2n) is 1.82. The fraction of sp³-hybridized carbons (Fsp3) is 1.00. The minimum Gasteiger partial charge on any atom is -0.200 e. The van der Waals surface area contributed by atoms with Gasteiger partial charge in [0.2, 0.25) is 0 Å². The normalized spacial score (nSPS) is 19.5. The molecule has 62 valence electrons. The highest BCUT2D eigenvalue weighted by Crippen LogP contribution is 2.21. The van der Waals surface area contributed by atoms with E-state index in [2.05, 4.69) is 4.84 Å². The van der Waals surface area contributed by atoms with Gasteiger partial charge in [0.25, 0.3) is 0 Å². The quantitative estimate of drug-likeness (QED) is 0.603. The maximum atomic E-state index is 11.3. The second kappa shape index (κ2) is 3.41. The Morgan fingerprint density at radius 1 is 1.20 bits per heavy atom. The largest absolute Gasteiger partial charge is 0.539 e. The average Bonchev–Trinajstić information content (AvgIpc) is 1.53. The zero-order chi connectivity index (χ0) is 6.91. The molecule has 0 aromatic rings. The molecule has 1 heterocycles. The van der Waals surface area contributed by atoms with E-state index in [1.54, 1.807) is 0 Å². The maximum absolute atomic E-state index is 11.3. The van der Waals surface area contributed by atoms with Crippen molar-refractivity contribution in [2.24, 2.45) is 0 Å². The van der Waals surface area contributed by atoms with E-state index < -0.39 is 6.36 Å². The Balaban J connectivity index is 0.000000810. The zero-order valence-corrected chi connectivity index (χ0v) is 5.84. The van der Waals surface area contributed by atoms with Crippen LogP contribution in [0.4, 0.5) is 13.2 Å². The summed E-state index contributed by atoms with van der Waals surface area (Å²) in [7, 11) is 0. The molecule has 0 aromatic carbocycles. The van der Waals surface area contributed by atoms with Gasteiger partial charge >= 0.3 is 6.36 Å². The number of nitrogens with zero attached hydrogens (tertiary/aromatic N) is 1. The van der Waals surface area contributed by atoms with E-state index in [4.69, 9.17) is 0 Å². The molecule has 0 aliphatic carbocycles. The van der Waals surface area contributed by atoms with Crippen LogP contribution in [0.2, 0.25) is 0 Å². The van der Waals surface area contributed by atoms with Crippen LogP contribution in [0.15, 0.2) is 0 Å². The Bertz CT molecular complexity index is 103. The van der Waals surface area contributed by atoms with Gasteiger partial charge in [-0.3, -0.25) is 0 Å². The fourth-order valence-corrected chi connectivity index (χ4v) is 0.525. The topological polar surface area (TPSA) is 12.5 Å². The Morgan fingerprint density at radius 2 is 1.70 bits per heavy atom. The van der Waals surface area contributed by atoms with Gasteiger partial charge in [-0.1, -0.05) is 0 Å². The third-order valence-electron chi connectivity index (χ3n) is 1.05. The molecule has 1 aliphatic rings. The molecule has 1 fully saturated rings. The summed E-state index contributed by atoms with van der Waals surface area (Å²) in [5.41, 5.74) is 0. The molecule has 0 atom stereocenters. The van der Waals surface area contributed by atoms with Crippen molar-refractivity contribution in [3.05, 3.63) is 0 Å². The minimum atomic E-state index is -4.50. The lowest BCUT2D eigenvalue weighted by Gasteiger charge is -2.29. The lowest BCUT2D eigenvalue weighted by Crippen LogP contribution is -2.41. The van der Waals surface area contributed by atoms with Gasteiger partial charge < -0.3 is 0 Å². The molecule has 0 N–H and O–H groups in total. The molecular weight excluding hydrogens is 170 g/mol. The van der Waals surface area contributed by atoms with Crippen molar-refractivity contribution < 1.29 is 18.0 Å². The van der Waals surface area contributed by atoms with Crippen LogP contribution < -0.4 is 0 Å². The molecule has 0 radical (unpaired) electrons. The molecule has 10 heavy (non-hydrogen) atoms. The molecule has 0 spiro atoms. The van der Waals surface area contributed by atoms with E-state index in [9.17, 15) is 13.2 Å². The van der Waals surface area contributed by atoms with Gasteiger partial charge in [0.05, 0.1) is 0 Å². The highest BCUT2D eigenvalue weighted by molar-refractivity contribution is 5.85. The van der Waals surface area contributed by atoms with Crippen LogP contribution in [0.25, 0.3) is 0 Å². The fourth-order valence-electron chi connectivity index (χ4n) is 0.525. The van der Waals surface area contributed by atoms with Crippen molar-refractivity contribution in [2.45, 2.75) is 12.8 Å². The van der Waals surface area contributed by atoms with Crippen molar-refractivity contribution >= 4 is 12.4 Å². The molecule has 1 saturated heterocycles. The van der Waals surface area contributed by atoms with E-state index in [1.807, 2.05) is 0 Å². The predicted octanol–water partition coefficient (Wildman–Crippen LogP) is 1.57. The lowest BCUT2D eigenvalue weighted by molar-refractivity contribution is -0.426. The summed E-state index contributed by atoms with van der Waals surface area (Å²) in [5, 5.41) is 0.889. The Labute approximate surface area is 62.3 Å². The van der Waals surface area contributed by atoms with Gasteiger partial charge in [-0.05, 0) is 6.42 Å². The summed E-state index contributed by atoms with van der Waals surface area (Å²) >= 11 is 0. The Kier molecular flexibility index (Phi) is 3.41. The summed E-state index contributed by atoms with van der Waals surface area (Å²) in [6, 6.07) is 0. The SMILES string of the molecule is Cl.FC(F)(F)ON1CCC1. The first-order chi connectivity index (χ1) is 4.08. The van der Waals surface area contributed by atoms with Gasteiger partial charge in [-0.2, -0.15) is 5.06 Å². The lowest BCUT2D eigenvalue weighted by atomic mass is 10.3. The molecule has 1 aliphatic heterocycles. The van der Waals surface area contributed by atoms with Crippen LogP contribution >= 0.6 is 12.4 Å². The highest BCUT2D eigenvalue weighted by Gasteiger charge is 2.35. The van der Waals surface area contributed by atoms with Gasteiger partial charge in [0.15, 0.2) is 0 Å². The van der Waals surface area contributed by atoms with Gasteiger partial charge in [-0.15, -0.1) is 25.6 Å². The average molecular weight is 178 g/mol. The van der Waals surface area contributed by atoms with Crippen LogP contribution in [-0.2, 0) is 4.84 Å². The molecule has 1 rings (SSSR count). The van der Waals surface area contributed by atoms with Crippen molar-refractivity contribution in [1.29, 1.82) is 0 Å². The van der Waals surface area contributed by atoms with Crippen molar-refractivity contribution in [3.63, 3.8) is 0 Å². The molecule has 2 nitrogen and oxygen atoms in total. The number of halogens is 4. The first-order valence-corrected chi connectivity index (χ1v) is 2.59. The van der Waals surface area contributed by atoms with Crippen LogP contribution in [0.3, 0.4) is 0 Å². The number of hydroxylamine groups is 2. The smallest absolute Gasteiger partial charge is 0.200 e. The summed E-state index contributed by atoms with van der Waals surface area (Å²) in [6.07, 6.45) is -3.71. The number of hydrogen-bond donors (Lipinski definition) is 0. The van der Waals surface area contributed by atoms with Crippen molar-refractivity contribution in [3.8, 4) is 0 Å². The van der Waals surface area contributed by atoms with Gasteiger partial charge in [-0.25, -0.2) is 4.84 Å². The Morgan fingerprint density at radius 3 is 1.80 bits per heavy atom. The molecule has 0 aromatic heterocycles. The van der Waals surface area contributed by atoms with E-state index in [-0.39, 0.29) is 12.4 Å². The van der Waals surface area contributed by atoms with Gasteiger partial charge in [0.1, 0.15) is 0 Å². The third kappa shape index (κ3) is 3.24. The van der Waals surface area contributed by atoms with E-state index in [0.29, 0.717) is 13.1 Å². The van der Waals surface area contributed by atoms with Crippen LogP contribution in [0.1, 0.15) is 6.42 Å². The monoisotopic (exact) mass is 177 g/mol. The summed E-state index contributed by atoms with van der Waals surface area (Å²) in [6.45, 7) is 0.777. The molecule has 0 unspecified atom stereocenters. The maximum Gasteiger partial charge on any atom is 0.539 e. The molecule has 0 bridgehead atoms. The van der Waals surface area contributed by atoms with Gasteiger partial charge in [0, 0.05) is 13.1 Å². The highest BCUT2D eigenvalue weighted by atomic mass is 35.5. The van der Waals surface area contributed by atoms with Crippen molar-refractivity contribution in [1.82, 2.24) is 5.06 Å². The van der Waals surface area contributed by atoms with Crippen LogP contribution in [0.5, 0.6) is 0 Å². The minimum absolute atomic E-state index is 0. The van der Waals surface area contributed by atoms with Crippen molar-refractivity contribution in [2.75, 3.05) is 13.1 Å². The number of rotatable bonds is 1. The van der Waals surface area contributed by atoms with E-state index >= 15 is 0 Å². The number of alkyl halides is 3. The number of hydrogen-bond acceptors (Lipinski definition) is 2. The molecular formula is C4H7ClF3NO. The molecule has 0 amide bonds. The van der Waals surface area contributed by atoms with E-state index in [0.717, 1.165) is 11.5 Å². The standard InChI is InChI=1S/C4H6F3NO.ClH/c5-4(6,7)9-8-2-1-3-8;/h1-3H2;1H.